The molecule has 2 aromatic rings. The van der Waals surface area contributed by atoms with Gasteiger partial charge in [-0.25, -0.2) is 0 Å². The lowest BCUT2D eigenvalue weighted by atomic mass is 10.0. The summed E-state index contributed by atoms with van der Waals surface area (Å²) in [4.78, 5) is 18.6. The van der Waals surface area contributed by atoms with Crippen LogP contribution in [0, 0.1) is 0 Å². The molecule has 0 spiro atoms. The van der Waals surface area contributed by atoms with Gasteiger partial charge in [0.1, 0.15) is 0 Å². The fourth-order valence-corrected chi connectivity index (χ4v) is 2.73. The number of hydrogen-bond donors (Lipinski definition) is 1. The number of nitrogens with zero attached hydrogens (tertiary/aromatic N) is 2. The second-order valence-electron chi connectivity index (χ2n) is 5.61. The maximum Gasteiger partial charge on any atom is 0.255 e. The Hall–Kier alpha value is -2.20. The smallest absolute Gasteiger partial charge is 0.255 e. The standard InChI is InChI=1S/C18H21N3O/c22-18(21-10-8-19-9-11-21)17-12-16(13-20-14-17)7-6-15-4-2-1-3-5-15/h1-5,12-14,19H,6-11H2. The second-order valence-corrected chi connectivity index (χ2v) is 5.61. The quantitative estimate of drug-likeness (QED) is 0.937. The first-order valence-corrected chi connectivity index (χ1v) is 7.81. The number of benzene rings is 1. The zero-order valence-electron chi connectivity index (χ0n) is 12.7. The van der Waals surface area contributed by atoms with Crippen molar-refractivity contribution in [2.75, 3.05) is 26.2 Å². The Kier molecular flexibility index (Phi) is 4.81. The van der Waals surface area contributed by atoms with Gasteiger partial charge < -0.3 is 10.2 Å². The van der Waals surface area contributed by atoms with Gasteiger partial charge in [0.05, 0.1) is 5.56 Å². The molecule has 0 radical (unpaired) electrons. The molecule has 4 nitrogen and oxygen atoms in total. The summed E-state index contributed by atoms with van der Waals surface area (Å²) in [5.74, 6) is 0.0931. The maximum atomic E-state index is 12.5. The number of aromatic nitrogens is 1. The summed E-state index contributed by atoms with van der Waals surface area (Å²) in [5.41, 5.74) is 3.12. The summed E-state index contributed by atoms with van der Waals surface area (Å²) in [6.45, 7) is 3.28. The number of pyridine rings is 1. The molecule has 22 heavy (non-hydrogen) atoms. The van der Waals surface area contributed by atoms with Crippen molar-refractivity contribution in [3.63, 3.8) is 0 Å². The molecule has 1 saturated heterocycles. The van der Waals surface area contributed by atoms with Gasteiger partial charge in [-0.2, -0.15) is 0 Å². The first kappa shape index (κ1) is 14.7. The summed E-state index contributed by atoms with van der Waals surface area (Å²) < 4.78 is 0. The van der Waals surface area contributed by atoms with E-state index in [2.05, 4.69) is 34.6 Å². The van der Waals surface area contributed by atoms with Gasteiger partial charge in [-0.3, -0.25) is 9.78 Å². The normalized spacial score (nSPS) is 14.8. The van der Waals surface area contributed by atoms with Crippen molar-refractivity contribution in [2.45, 2.75) is 12.8 Å². The Morgan fingerprint density at radius 3 is 2.55 bits per heavy atom. The van der Waals surface area contributed by atoms with Crippen LogP contribution in [0.2, 0.25) is 0 Å². The van der Waals surface area contributed by atoms with E-state index in [-0.39, 0.29) is 5.91 Å². The van der Waals surface area contributed by atoms with Crippen LogP contribution in [-0.2, 0) is 12.8 Å². The average molecular weight is 295 g/mol. The number of nitrogens with one attached hydrogen (secondary N) is 1. The summed E-state index contributed by atoms with van der Waals surface area (Å²) >= 11 is 0. The lowest BCUT2D eigenvalue weighted by molar-refractivity contribution is 0.0735. The molecule has 0 saturated carbocycles. The van der Waals surface area contributed by atoms with Gasteiger partial charge in [-0.15, -0.1) is 0 Å². The highest BCUT2D eigenvalue weighted by Crippen LogP contribution is 2.11. The zero-order valence-corrected chi connectivity index (χ0v) is 12.7. The van der Waals surface area contributed by atoms with E-state index in [0.29, 0.717) is 5.56 Å². The lowest BCUT2D eigenvalue weighted by Gasteiger charge is -2.27. The molecule has 0 unspecified atom stereocenters. The highest BCUT2D eigenvalue weighted by atomic mass is 16.2. The third kappa shape index (κ3) is 3.71. The lowest BCUT2D eigenvalue weighted by Crippen LogP contribution is -2.46. The van der Waals surface area contributed by atoms with Gasteiger partial charge in [0, 0.05) is 38.6 Å². The fraction of sp³-hybridized carbons (Fsp3) is 0.333. The molecule has 1 fully saturated rings. The topological polar surface area (TPSA) is 45.2 Å². The number of piperazine rings is 1. The molecule has 1 aliphatic heterocycles. The largest absolute Gasteiger partial charge is 0.336 e. The van der Waals surface area contributed by atoms with Crippen LogP contribution in [0.4, 0.5) is 0 Å². The molecule has 0 aliphatic carbocycles. The van der Waals surface area contributed by atoms with Crippen molar-refractivity contribution in [3.8, 4) is 0 Å². The van der Waals surface area contributed by atoms with Crippen LogP contribution in [0.15, 0.2) is 48.8 Å². The number of carbonyl (C=O) groups is 1. The van der Waals surface area contributed by atoms with Crippen molar-refractivity contribution in [3.05, 3.63) is 65.5 Å². The first-order valence-electron chi connectivity index (χ1n) is 7.81. The SMILES string of the molecule is O=C(c1cncc(CCc2ccccc2)c1)N1CCNCC1. The van der Waals surface area contributed by atoms with Crippen molar-refractivity contribution < 1.29 is 4.79 Å². The van der Waals surface area contributed by atoms with Crippen molar-refractivity contribution in [2.24, 2.45) is 0 Å². The van der Waals surface area contributed by atoms with E-state index in [1.54, 1.807) is 6.20 Å². The number of aryl methyl sites for hydroxylation is 2. The Labute approximate surface area is 131 Å². The molecule has 1 N–H and O–H groups in total. The van der Waals surface area contributed by atoms with E-state index in [1.165, 1.54) is 5.56 Å². The van der Waals surface area contributed by atoms with Crippen molar-refractivity contribution in [1.82, 2.24) is 15.2 Å². The van der Waals surface area contributed by atoms with E-state index in [9.17, 15) is 4.79 Å². The van der Waals surface area contributed by atoms with Crippen LogP contribution in [0.5, 0.6) is 0 Å². The molecule has 4 heteroatoms. The summed E-state index contributed by atoms with van der Waals surface area (Å²) in [6.07, 6.45) is 5.40. The van der Waals surface area contributed by atoms with E-state index in [0.717, 1.165) is 44.6 Å². The molecule has 2 heterocycles. The van der Waals surface area contributed by atoms with E-state index < -0.39 is 0 Å². The minimum absolute atomic E-state index is 0.0931. The minimum atomic E-state index is 0.0931. The molecule has 3 rings (SSSR count). The molecule has 1 aromatic carbocycles. The van der Waals surface area contributed by atoms with Crippen molar-refractivity contribution in [1.29, 1.82) is 0 Å². The Morgan fingerprint density at radius 2 is 1.77 bits per heavy atom. The third-order valence-corrected chi connectivity index (χ3v) is 3.99. The van der Waals surface area contributed by atoms with Gasteiger partial charge in [0.25, 0.3) is 5.91 Å². The predicted molar refractivity (Wildman–Crippen MR) is 86.9 cm³/mol. The monoisotopic (exact) mass is 295 g/mol. The molecule has 0 atom stereocenters. The van der Waals surface area contributed by atoms with Crippen LogP contribution < -0.4 is 5.32 Å². The Bertz CT molecular complexity index is 621. The Balaban J connectivity index is 1.65. The fourth-order valence-electron chi connectivity index (χ4n) is 2.73. The highest BCUT2D eigenvalue weighted by Gasteiger charge is 2.18. The van der Waals surface area contributed by atoms with Gasteiger partial charge in [-0.05, 0) is 30.0 Å². The number of rotatable bonds is 4. The third-order valence-electron chi connectivity index (χ3n) is 3.99. The van der Waals surface area contributed by atoms with Crippen LogP contribution in [0.1, 0.15) is 21.5 Å². The minimum Gasteiger partial charge on any atom is -0.336 e. The van der Waals surface area contributed by atoms with Crippen molar-refractivity contribution >= 4 is 5.91 Å². The van der Waals surface area contributed by atoms with Gasteiger partial charge in [-0.1, -0.05) is 30.3 Å². The number of carbonyl (C=O) groups excluding carboxylic acids is 1. The van der Waals surface area contributed by atoms with Gasteiger partial charge in [0.2, 0.25) is 0 Å². The molecule has 0 bridgehead atoms. The average Bonchev–Trinajstić information content (AvgIpc) is 2.61. The molecule has 1 aromatic heterocycles. The van der Waals surface area contributed by atoms with Gasteiger partial charge >= 0.3 is 0 Å². The molecule has 114 valence electrons. The maximum absolute atomic E-state index is 12.5. The molecule has 1 amide bonds. The van der Waals surface area contributed by atoms with E-state index >= 15 is 0 Å². The van der Waals surface area contributed by atoms with Gasteiger partial charge in [0.15, 0.2) is 0 Å². The number of hydrogen-bond acceptors (Lipinski definition) is 3. The first-order chi connectivity index (χ1) is 10.8. The second kappa shape index (κ2) is 7.18. The van der Waals surface area contributed by atoms with Crippen LogP contribution in [-0.4, -0.2) is 42.0 Å². The Morgan fingerprint density at radius 1 is 1.05 bits per heavy atom. The van der Waals surface area contributed by atoms with Crippen LogP contribution in [0.3, 0.4) is 0 Å². The van der Waals surface area contributed by atoms with Crippen LogP contribution in [0.25, 0.3) is 0 Å². The van der Waals surface area contributed by atoms with E-state index in [1.807, 2.05) is 23.2 Å². The summed E-state index contributed by atoms with van der Waals surface area (Å²) in [5, 5.41) is 3.26. The molecular weight excluding hydrogens is 274 g/mol. The summed E-state index contributed by atoms with van der Waals surface area (Å²) in [7, 11) is 0. The number of amides is 1. The zero-order chi connectivity index (χ0) is 15.2. The van der Waals surface area contributed by atoms with Crippen LogP contribution >= 0.6 is 0 Å². The summed E-state index contributed by atoms with van der Waals surface area (Å²) in [6, 6.07) is 12.4. The molecule has 1 aliphatic rings. The predicted octanol–water partition coefficient (Wildman–Crippen LogP) is 1.91. The van der Waals surface area contributed by atoms with E-state index in [4.69, 9.17) is 0 Å². The molecular formula is C18H21N3O. The highest BCUT2D eigenvalue weighted by molar-refractivity contribution is 5.94.